The van der Waals surface area contributed by atoms with Gasteiger partial charge < -0.3 is 5.32 Å². The van der Waals surface area contributed by atoms with Gasteiger partial charge in [-0.1, -0.05) is 24.3 Å². The molecular formula is C25H26FN5O3S. The number of carbonyl (C=O) groups is 1. The molecule has 2 N–H and O–H groups in total. The smallest absolute Gasteiger partial charge is 0.253 e. The average Bonchev–Trinajstić information content (AvgIpc) is 3.24. The molecule has 0 fully saturated rings. The number of rotatable bonds is 8. The molecule has 2 aromatic heterocycles. The summed E-state index contributed by atoms with van der Waals surface area (Å²) in [5.74, 6) is -0.746. The maximum absolute atomic E-state index is 13.4. The molecule has 2 aromatic carbocycles. The van der Waals surface area contributed by atoms with Crippen molar-refractivity contribution in [3.63, 3.8) is 0 Å². The van der Waals surface area contributed by atoms with E-state index in [9.17, 15) is 17.6 Å². The summed E-state index contributed by atoms with van der Waals surface area (Å²) in [6.07, 6.45) is 1.68. The van der Waals surface area contributed by atoms with Gasteiger partial charge in [0.15, 0.2) is 5.65 Å². The molecule has 4 aromatic rings. The van der Waals surface area contributed by atoms with Crippen LogP contribution >= 0.6 is 0 Å². The number of hydrogen-bond donors (Lipinski definition) is 2. The molecule has 0 saturated heterocycles. The summed E-state index contributed by atoms with van der Waals surface area (Å²) in [7, 11) is -3.82. The number of aryl methyl sites for hydroxylation is 1. The van der Waals surface area contributed by atoms with E-state index in [1.807, 2.05) is 13.8 Å². The molecule has 4 rings (SSSR count). The lowest BCUT2D eigenvalue weighted by molar-refractivity contribution is 0.0950. The third-order valence-electron chi connectivity index (χ3n) is 5.51. The van der Waals surface area contributed by atoms with Gasteiger partial charge in [0.1, 0.15) is 5.82 Å². The van der Waals surface area contributed by atoms with Crippen LogP contribution in [-0.2, 0) is 23.1 Å². The Hall–Kier alpha value is -3.63. The van der Waals surface area contributed by atoms with Crippen LogP contribution in [0.15, 0.2) is 65.7 Å². The number of sulfonamides is 1. The van der Waals surface area contributed by atoms with Crippen LogP contribution in [0.1, 0.15) is 47.1 Å². The molecule has 0 spiro atoms. The Labute approximate surface area is 203 Å². The van der Waals surface area contributed by atoms with Gasteiger partial charge >= 0.3 is 0 Å². The number of benzene rings is 2. The lowest BCUT2D eigenvalue weighted by Crippen LogP contribution is -2.25. The summed E-state index contributed by atoms with van der Waals surface area (Å²) < 4.78 is 43.1. The molecule has 0 atom stereocenters. The van der Waals surface area contributed by atoms with Crippen molar-refractivity contribution < 1.29 is 17.6 Å². The second kappa shape index (κ2) is 9.93. The summed E-state index contributed by atoms with van der Waals surface area (Å²) >= 11 is 0. The summed E-state index contributed by atoms with van der Waals surface area (Å²) in [6, 6.07) is 13.9. The number of halogens is 1. The first-order valence-corrected chi connectivity index (χ1v) is 12.6. The largest absolute Gasteiger partial charge is 0.348 e. The van der Waals surface area contributed by atoms with Gasteiger partial charge in [0.25, 0.3) is 5.91 Å². The molecule has 1 amide bonds. The number of aromatic nitrogens is 3. The zero-order chi connectivity index (χ0) is 25.2. The van der Waals surface area contributed by atoms with Crippen molar-refractivity contribution in [2.45, 2.75) is 44.8 Å². The number of fused-ring (bicyclic) bond motifs is 1. The molecule has 35 heavy (non-hydrogen) atoms. The van der Waals surface area contributed by atoms with E-state index in [0.717, 1.165) is 11.0 Å². The monoisotopic (exact) mass is 495 g/mol. The third kappa shape index (κ3) is 5.55. The van der Waals surface area contributed by atoms with Gasteiger partial charge in [0.05, 0.1) is 22.3 Å². The first kappa shape index (κ1) is 24.5. The van der Waals surface area contributed by atoms with Gasteiger partial charge in [0.2, 0.25) is 10.0 Å². The van der Waals surface area contributed by atoms with E-state index in [1.165, 1.54) is 30.3 Å². The second-order valence-corrected chi connectivity index (χ2v) is 10.3. The van der Waals surface area contributed by atoms with Gasteiger partial charge in [-0.25, -0.2) is 27.2 Å². The minimum atomic E-state index is -3.82. The summed E-state index contributed by atoms with van der Waals surface area (Å²) in [5.41, 5.74) is 2.86. The highest BCUT2D eigenvalue weighted by Gasteiger charge is 2.17. The van der Waals surface area contributed by atoms with E-state index in [4.69, 9.17) is 0 Å². The fourth-order valence-corrected chi connectivity index (χ4v) is 4.77. The van der Waals surface area contributed by atoms with Crippen LogP contribution in [0.4, 0.5) is 4.39 Å². The first-order valence-electron chi connectivity index (χ1n) is 11.1. The van der Waals surface area contributed by atoms with Crippen molar-refractivity contribution in [2.24, 2.45) is 0 Å². The van der Waals surface area contributed by atoms with E-state index in [0.29, 0.717) is 22.4 Å². The van der Waals surface area contributed by atoms with Gasteiger partial charge in [-0.2, -0.15) is 5.10 Å². The normalized spacial score (nSPS) is 11.8. The van der Waals surface area contributed by atoms with Crippen LogP contribution in [0.5, 0.6) is 0 Å². The summed E-state index contributed by atoms with van der Waals surface area (Å²) in [5, 5.41) is 7.94. The van der Waals surface area contributed by atoms with Crippen molar-refractivity contribution in [1.29, 1.82) is 0 Å². The van der Waals surface area contributed by atoms with Crippen molar-refractivity contribution in [1.82, 2.24) is 24.8 Å². The van der Waals surface area contributed by atoms with Crippen molar-refractivity contribution >= 4 is 27.0 Å². The van der Waals surface area contributed by atoms with Crippen LogP contribution in [0.25, 0.3) is 11.0 Å². The molecule has 0 aliphatic carbocycles. The van der Waals surface area contributed by atoms with E-state index in [-0.39, 0.29) is 29.9 Å². The quantitative estimate of drug-likeness (QED) is 0.386. The minimum absolute atomic E-state index is 0.0385. The summed E-state index contributed by atoms with van der Waals surface area (Å²) in [6.45, 7) is 5.88. The van der Waals surface area contributed by atoms with Crippen molar-refractivity contribution in [2.75, 3.05) is 0 Å². The molecule has 0 radical (unpaired) electrons. The SMILES string of the molecule is Cc1nc2c(cnn2C(C)C)cc1C(=O)NCc1cccc(S(=O)(=O)NCc2cccc(F)c2)c1. The van der Waals surface area contributed by atoms with E-state index in [1.54, 1.807) is 42.1 Å². The number of pyridine rings is 1. The third-order valence-corrected chi connectivity index (χ3v) is 6.91. The Morgan fingerprint density at radius 2 is 1.77 bits per heavy atom. The Morgan fingerprint density at radius 3 is 2.49 bits per heavy atom. The number of nitrogens with zero attached hydrogens (tertiary/aromatic N) is 3. The standard InChI is InChI=1S/C25H26FN5O3S/c1-16(2)31-24-20(15-28-31)12-23(17(3)30-24)25(32)27-13-19-7-5-9-22(11-19)35(33,34)29-14-18-6-4-8-21(26)10-18/h4-12,15-16,29H,13-14H2,1-3H3,(H,27,32). The lowest BCUT2D eigenvalue weighted by Gasteiger charge is -2.11. The molecule has 10 heteroatoms. The van der Waals surface area contributed by atoms with E-state index < -0.39 is 15.8 Å². The Morgan fingerprint density at radius 1 is 1.06 bits per heavy atom. The molecular weight excluding hydrogens is 469 g/mol. The maximum atomic E-state index is 13.4. The highest BCUT2D eigenvalue weighted by Crippen LogP contribution is 2.19. The fraction of sp³-hybridized carbons (Fsp3) is 0.240. The number of amides is 1. The Balaban J connectivity index is 1.45. The molecule has 2 heterocycles. The minimum Gasteiger partial charge on any atom is -0.348 e. The van der Waals surface area contributed by atoms with E-state index in [2.05, 4.69) is 20.1 Å². The van der Waals surface area contributed by atoms with Crippen LogP contribution in [0, 0.1) is 12.7 Å². The molecule has 182 valence electrons. The maximum Gasteiger partial charge on any atom is 0.253 e. The molecule has 0 bridgehead atoms. The summed E-state index contributed by atoms with van der Waals surface area (Å²) in [4.78, 5) is 17.5. The average molecular weight is 496 g/mol. The predicted octanol–water partition coefficient (Wildman–Crippen LogP) is 3.87. The zero-order valence-corrected chi connectivity index (χ0v) is 20.4. The molecule has 0 aliphatic heterocycles. The molecule has 0 aliphatic rings. The lowest BCUT2D eigenvalue weighted by atomic mass is 10.1. The molecule has 0 unspecified atom stereocenters. The van der Waals surface area contributed by atoms with Crippen LogP contribution in [0.3, 0.4) is 0 Å². The van der Waals surface area contributed by atoms with Gasteiger partial charge in [-0.3, -0.25) is 4.79 Å². The van der Waals surface area contributed by atoms with Crippen LogP contribution < -0.4 is 10.0 Å². The predicted molar refractivity (Wildman–Crippen MR) is 131 cm³/mol. The van der Waals surface area contributed by atoms with Crippen molar-refractivity contribution in [3.05, 3.63) is 89.0 Å². The highest BCUT2D eigenvalue weighted by molar-refractivity contribution is 7.89. The number of carbonyl (C=O) groups excluding carboxylic acids is 1. The van der Waals surface area contributed by atoms with E-state index >= 15 is 0 Å². The number of nitrogens with one attached hydrogen (secondary N) is 2. The highest BCUT2D eigenvalue weighted by atomic mass is 32.2. The van der Waals surface area contributed by atoms with Crippen molar-refractivity contribution in [3.8, 4) is 0 Å². The molecule has 0 saturated carbocycles. The number of hydrogen-bond acceptors (Lipinski definition) is 5. The Kier molecular flexibility index (Phi) is 6.95. The topological polar surface area (TPSA) is 106 Å². The van der Waals surface area contributed by atoms with Gasteiger partial charge in [0, 0.05) is 24.5 Å². The zero-order valence-electron chi connectivity index (χ0n) is 19.6. The second-order valence-electron chi connectivity index (χ2n) is 8.50. The van der Waals surface area contributed by atoms with Gasteiger partial charge in [-0.15, -0.1) is 0 Å². The van der Waals surface area contributed by atoms with Crippen LogP contribution in [-0.4, -0.2) is 29.1 Å². The Bertz CT molecular complexity index is 1500. The van der Waals surface area contributed by atoms with Crippen LogP contribution in [0.2, 0.25) is 0 Å². The van der Waals surface area contributed by atoms with Gasteiger partial charge in [-0.05, 0) is 62.2 Å². The first-order chi connectivity index (χ1) is 16.6. The fourth-order valence-electron chi connectivity index (χ4n) is 3.68. The molecule has 8 nitrogen and oxygen atoms in total.